The van der Waals surface area contributed by atoms with Gasteiger partial charge in [-0.05, 0) is 62.4 Å². The molecular weight excluding hydrogens is 732 g/mol. The van der Waals surface area contributed by atoms with Gasteiger partial charge in [-0.15, -0.1) is 0 Å². The molecule has 0 atom stereocenters. The molecule has 0 spiro atoms. The van der Waals surface area contributed by atoms with E-state index in [1.165, 1.54) is 35.1 Å². The standard InChI is InChI=1S/C20H18F2N6O2.C18H16F2N6/c1-12-4-3-5-14(25-12)18-19(27(11-24-18)10-15(21)22)13-6-7-16-23-8-17(28(16)9-13)26-20(29)30-2;1-11-3-2-4-13(24-11)17-18(25(10-23-17)9-14(19)20)12-5-6-16-22-7-15(21)26(16)8-12/h3-9,11,15H,10H2,1-2H3,(H,26,29);2-8,10,14H,9,21H2,1H3. The number of ether oxygens (including phenoxy) is 1. The lowest BCUT2D eigenvalue weighted by Crippen LogP contribution is -2.12. The van der Waals surface area contributed by atoms with Crippen LogP contribution in [0.15, 0.2) is 98.1 Å². The first-order chi connectivity index (χ1) is 27.0. The number of hydrogen-bond acceptors (Lipinski definition) is 9. The van der Waals surface area contributed by atoms with Gasteiger partial charge in [-0.3, -0.25) is 24.1 Å². The second kappa shape index (κ2) is 15.7. The zero-order valence-corrected chi connectivity index (χ0v) is 30.2. The molecule has 14 nitrogen and oxygen atoms in total. The average molecular weight is 767 g/mol. The molecule has 0 fully saturated rings. The van der Waals surface area contributed by atoms with E-state index in [-0.39, 0.29) is 0 Å². The summed E-state index contributed by atoms with van der Waals surface area (Å²) in [6, 6.07) is 18.1. The van der Waals surface area contributed by atoms with Crippen LogP contribution in [0.25, 0.3) is 56.6 Å². The second-order valence-corrected chi connectivity index (χ2v) is 12.5. The third-order valence-electron chi connectivity index (χ3n) is 8.61. The van der Waals surface area contributed by atoms with Crippen LogP contribution in [-0.4, -0.2) is 73.9 Å². The van der Waals surface area contributed by atoms with Gasteiger partial charge in [0.2, 0.25) is 0 Å². The van der Waals surface area contributed by atoms with E-state index in [1.54, 1.807) is 51.7 Å². The Morgan fingerprint density at radius 2 is 1.21 bits per heavy atom. The maximum atomic E-state index is 13.2. The average Bonchev–Trinajstić information content (AvgIpc) is 3.97. The fourth-order valence-electron chi connectivity index (χ4n) is 6.18. The maximum absolute atomic E-state index is 13.2. The van der Waals surface area contributed by atoms with Crippen LogP contribution in [0.1, 0.15) is 11.4 Å². The summed E-state index contributed by atoms with van der Waals surface area (Å²) in [5.41, 5.74) is 13.4. The Hall–Kier alpha value is -7.11. The number of anilines is 2. The van der Waals surface area contributed by atoms with E-state index >= 15 is 0 Å². The number of nitrogens with one attached hydrogen (secondary N) is 1. The van der Waals surface area contributed by atoms with E-state index in [0.29, 0.717) is 68.2 Å². The largest absolute Gasteiger partial charge is 0.453 e. The maximum Gasteiger partial charge on any atom is 0.412 e. The molecule has 0 saturated carbocycles. The number of alkyl halides is 4. The smallest absolute Gasteiger partial charge is 0.412 e. The van der Waals surface area contributed by atoms with Gasteiger partial charge in [0, 0.05) is 34.9 Å². The minimum absolute atomic E-state index is 0.383. The lowest BCUT2D eigenvalue weighted by atomic mass is 10.1. The third kappa shape index (κ3) is 7.75. The fourth-order valence-corrected chi connectivity index (χ4v) is 6.18. The molecule has 0 aliphatic heterocycles. The molecule has 3 N–H and O–H groups in total. The van der Waals surface area contributed by atoms with E-state index < -0.39 is 32.0 Å². The number of rotatable bonds is 9. The second-order valence-electron chi connectivity index (χ2n) is 12.5. The van der Waals surface area contributed by atoms with Gasteiger partial charge in [0.05, 0.1) is 68.0 Å². The number of amides is 1. The van der Waals surface area contributed by atoms with Crippen molar-refractivity contribution >= 4 is 29.0 Å². The number of imidazole rings is 4. The minimum atomic E-state index is -2.55. The van der Waals surface area contributed by atoms with E-state index in [1.807, 2.05) is 50.2 Å². The van der Waals surface area contributed by atoms with Crippen molar-refractivity contribution in [1.82, 2.24) is 47.8 Å². The van der Waals surface area contributed by atoms with Crippen LogP contribution >= 0.6 is 0 Å². The first-order valence-corrected chi connectivity index (χ1v) is 17.1. The predicted molar refractivity (Wildman–Crippen MR) is 201 cm³/mol. The molecule has 18 heteroatoms. The highest BCUT2D eigenvalue weighted by atomic mass is 19.3. The number of aryl methyl sites for hydroxylation is 2. The molecule has 0 unspecified atom stereocenters. The van der Waals surface area contributed by atoms with Gasteiger partial charge >= 0.3 is 6.09 Å². The number of nitrogen functional groups attached to an aromatic ring is 1. The molecule has 8 aromatic rings. The van der Waals surface area contributed by atoms with Gasteiger partial charge in [-0.1, -0.05) is 12.1 Å². The van der Waals surface area contributed by atoms with Crippen molar-refractivity contribution < 1.29 is 27.1 Å². The van der Waals surface area contributed by atoms with Crippen LogP contribution in [-0.2, 0) is 17.8 Å². The van der Waals surface area contributed by atoms with Gasteiger partial charge in [-0.25, -0.2) is 42.3 Å². The summed E-state index contributed by atoms with van der Waals surface area (Å²) in [4.78, 5) is 37.7. The summed E-state index contributed by atoms with van der Waals surface area (Å²) in [7, 11) is 1.26. The molecule has 0 saturated heterocycles. The number of pyridine rings is 4. The van der Waals surface area contributed by atoms with Crippen molar-refractivity contribution in [2.45, 2.75) is 39.8 Å². The fraction of sp³-hybridized carbons (Fsp3) is 0.184. The Labute approximate surface area is 316 Å². The van der Waals surface area contributed by atoms with Gasteiger partial charge in [0.1, 0.15) is 34.3 Å². The number of nitrogens with two attached hydrogens (primary N) is 1. The normalized spacial score (nSPS) is 11.4. The van der Waals surface area contributed by atoms with Crippen LogP contribution < -0.4 is 11.1 Å². The number of hydrogen-bond donors (Lipinski definition) is 2. The Kier molecular flexibility index (Phi) is 10.4. The van der Waals surface area contributed by atoms with Gasteiger partial charge in [0.25, 0.3) is 12.9 Å². The molecule has 0 aliphatic carbocycles. The van der Waals surface area contributed by atoms with Crippen molar-refractivity contribution in [2.75, 3.05) is 18.2 Å². The predicted octanol–water partition coefficient (Wildman–Crippen LogP) is 7.43. The summed E-state index contributed by atoms with van der Waals surface area (Å²) >= 11 is 0. The van der Waals surface area contributed by atoms with Crippen LogP contribution in [0.3, 0.4) is 0 Å². The van der Waals surface area contributed by atoms with E-state index in [2.05, 4.69) is 40.0 Å². The van der Waals surface area contributed by atoms with Gasteiger partial charge < -0.3 is 19.6 Å². The quantitative estimate of drug-likeness (QED) is 0.143. The lowest BCUT2D eigenvalue weighted by Gasteiger charge is -2.11. The zero-order chi connectivity index (χ0) is 39.5. The third-order valence-corrected chi connectivity index (χ3v) is 8.61. The van der Waals surface area contributed by atoms with Crippen LogP contribution in [0.4, 0.5) is 34.0 Å². The summed E-state index contributed by atoms with van der Waals surface area (Å²) in [5.74, 6) is 0.853. The van der Waals surface area contributed by atoms with Crippen molar-refractivity contribution in [3.63, 3.8) is 0 Å². The molecule has 8 rings (SSSR count). The van der Waals surface area contributed by atoms with Crippen molar-refractivity contribution in [3.05, 3.63) is 109 Å². The van der Waals surface area contributed by atoms with Gasteiger partial charge in [-0.2, -0.15) is 0 Å². The lowest BCUT2D eigenvalue weighted by molar-refractivity contribution is 0.126. The number of aromatic nitrogens is 10. The number of carbonyl (C=O) groups excluding carboxylic acids is 1. The van der Waals surface area contributed by atoms with Gasteiger partial charge in [0.15, 0.2) is 0 Å². The SMILES string of the molecule is COC(=O)Nc1cnc2ccc(-c3c(-c4cccc(C)n4)ncn3CC(F)F)cn12.Cc1cccc(-c2ncn(CC(F)F)c2-c2ccc3ncc(N)n3c2)n1. The zero-order valence-electron chi connectivity index (χ0n) is 30.2. The van der Waals surface area contributed by atoms with Crippen molar-refractivity contribution in [1.29, 1.82) is 0 Å². The summed E-state index contributed by atoms with van der Waals surface area (Å²) in [6.07, 6.45) is 3.62. The molecule has 0 bridgehead atoms. The van der Waals surface area contributed by atoms with Crippen molar-refractivity contribution in [3.8, 4) is 45.3 Å². The molecule has 56 heavy (non-hydrogen) atoms. The van der Waals surface area contributed by atoms with Crippen LogP contribution in [0.2, 0.25) is 0 Å². The molecule has 0 radical (unpaired) electrons. The summed E-state index contributed by atoms with van der Waals surface area (Å²) < 4.78 is 63.3. The highest BCUT2D eigenvalue weighted by Gasteiger charge is 2.21. The Bertz CT molecular complexity index is 2660. The molecular formula is C38H34F4N12O2. The number of carbonyl (C=O) groups is 1. The molecule has 286 valence electrons. The molecule has 8 heterocycles. The Morgan fingerprint density at radius 1 is 0.714 bits per heavy atom. The topological polar surface area (TPSA) is 160 Å². The van der Waals surface area contributed by atoms with Crippen LogP contribution in [0.5, 0.6) is 0 Å². The molecule has 1 amide bonds. The number of methoxy groups -OCH3 is 1. The molecule has 0 aliphatic rings. The monoisotopic (exact) mass is 766 g/mol. The highest BCUT2D eigenvalue weighted by molar-refractivity contribution is 5.84. The highest BCUT2D eigenvalue weighted by Crippen LogP contribution is 2.33. The summed E-state index contributed by atoms with van der Waals surface area (Å²) in [6.45, 7) is 2.76. The first kappa shape index (κ1) is 37.2. The minimum Gasteiger partial charge on any atom is -0.453 e. The van der Waals surface area contributed by atoms with Crippen molar-refractivity contribution in [2.24, 2.45) is 0 Å². The van der Waals surface area contributed by atoms with E-state index in [9.17, 15) is 22.4 Å². The Morgan fingerprint density at radius 3 is 1.71 bits per heavy atom. The summed E-state index contributed by atoms with van der Waals surface area (Å²) in [5, 5.41) is 2.57. The first-order valence-electron chi connectivity index (χ1n) is 17.1. The molecule has 0 aromatic carbocycles. The van der Waals surface area contributed by atoms with Crippen LogP contribution in [0, 0.1) is 13.8 Å². The number of halogens is 4. The van der Waals surface area contributed by atoms with E-state index in [4.69, 9.17) is 5.73 Å². The van der Waals surface area contributed by atoms with E-state index in [0.717, 1.165) is 11.4 Å². The molecule has 8 aromatic heterocycles. The number of nitrogens with zero attached hydrogens (tertiary/aromatic N) is 10. The Balaban J connectivity index is 0.000000173. The number of fused-ring (bicyclic) bond motifs is 2.